The summed E-state index contributed by atoms with van der Waals surface area (Å²) in [5.41, 5.74) is 18.5. The summed E-state index contributed by atoms with van der Waals surface area (Å²) < 4.78 is 0. The van der Waals surface area contributed by atoms with Gasteiger partial charge in [-0.05, 0) is 37.5 Å². The van der Waals surface area contributed by atoms with E-state index in [0.717, 1.165) is 11.1 Å². The van der Waals surface area contributed by atoms with E-state index in [9.17, 15) is 14.4 Å². The lowest BCUT2D eigenvalue weighted by Crippen LogP contribution is -3.00. The van der Waals surface area contributed by atoms with Gasteiger partial charge >= 0.3 is 0 Å². The molecule has 8 N–H and O–H groups in total. The zero-order valence-electron chi connectivity index (χ0n) is 18.5. The molecule has 2 atom stereocenters. The summed E-state index contributed by atoms with van der Waals surface area (Å²) in [7, 11) is 0. The fourth-order valence-corrected chi connectivity index (χ4v) is 3.06. The zero-order chi connectivity index (χ0) is 23.5. The molecule has 2 aromatic rings. The number of hydrogen-bond acceptors (Lipinski definition) is 4. The third-order valence-electron chi connectivity index (χ3n) is 4.82. The number of primary amides is 1. The number of nitrogens with one attached hydrogen (secondary N) is 2. The van der Waals surface area contributed by atoms with E-state index in [4.69, 9.17) is 17.2 Å². The van der Waals surface area contributed by atoms with Crippen molar-refractivity contribution in [1.82, 2.24) is 10.6 Å². The summed E-state index contributed by atoms with van der Waals surface area (Å²) in [6.07, 6.45) is 0.968. The molecule has 0 fully saturated rings. The van der Waals surface area contributed by atoms with Crippen molar-refractivity contribution in [3.8, 4) is 0 Å². The molecule has 0 heterocycles. The minimum Gasteiger partial charge on any atom is -1.00 e. The van der Waals surface area contributed by atoms with E-state index in [1.54, 1.807) is 12.1 Å². The Bertz CT molecular complexity index is 946. The molecule has 10 heteroatoms. The van der Waals surface area contributed by atoms with Gasteiger partial charge in [0.05, 0.1) is 0 Å². The number of carbonyl (C=O) groups is 3. The van der Waals surface area contributed by atoms with Crippen molar-refractivity contribution in [3.05, 3.63) is 71.3 Å². The third kappa shape index (κ3) is 9.61. The highest BCUT2D eigenvalue weighted by atomic mass is 35.5. The van der Waals surface area contributed by atoms with Gasteiger partial charge in [0.2, 0.25) is 11.8 Å². The highest BCUT2D eigenvalue weighted by Gasteiger charge is 2.26. The van der Waals surface area contributed by atoms with Gasteiger partial charge in [-0.2, -0.15) is 0 Å². The molecule has 0 aliphatic carbocycles. The van der Waals surface area contributed by atoms with E-state index in [0.29, 0.717) is 18.5 Å². The molecule has 0 saturated heterocycles. The highest BCUT2D eigenvalue weighted by molar-refractivity contribution is 5.98. The maximum atomic E-state index is 13.0. The van der Waals surface area contributed by atoms with E-state index in [1.165, 1.54) is 0 Å². The Morgan fingerprint density at radius 2 is 1.55 bits per heavy atom. The molecule has 0 saturated carbocycles. The van der Waals surface area contributed by atoms with Crippen LogP contribution in [0.4, 0.5) is 0 Å². The number of guanidine groups is 1. The third-order valence-corrected chi connectivity index (χ3v) is 4.82. The SMILES string of the molecule is Cc1ccc(C(=O)N[C@@H](CCCN=C(N)N)C(=O)N[C@@H](Cc2ccccc2)C(N)=O)cc1.[Cl-]. The summed E-state index contributed by atoms with van der Waals surface area (Å²) in [5.74, 6) is -1.61. The Kier molecular flexibility index (Phi) is 11.4. The van der Waals surface area contributed by atoms with Crippen LogP contribution < -0.4 is 40.2 Å². The van der Waals surface area contributed by atoms with Gasteiger partial charge in [0.15, 0.2) is 5.96 Å². The van der Waals surface area contributed by atoms with Gasteiger partial charge in [-0.3, -0.25) is 19.4 Å². The van der Waals surface area contributed by atoms with Gasteiger partial charge in [-0.25, -0.2) is 0 Å². The van der Waals surface area contributed by atoms with Crippen LogP contribution in [0.1, 0.15) is 34.3 Å². The number of amides is 3. The number of aryl methyl sites for hydroxylation is 1. The smallest absolute Gasteiger partial charge is 0.251 e. The lowest BCUT2D eigenvalue weighted by molar-refractivity contribution is -0.128. The molecule has 0 aromatic heterocycles. The molecular weight excluding hydrogens is 444 g/mol. The number of rotatable bonds is 11. The second kappa shape index (κ2) is 13.7. The molecule has 2 rings (SSSR count). The quantitative estimate of drug-likeness (QED) is 0.136. The van der Waals surface area contributed by atoms with Crippen LogP contribution in [0.5, 0.6) is 0 Å². The molecule has 0 aliphatic heterocycles. The Labute approximate surface area is 199 Å². The number of carbonyl (C=O) groups excluding carboxylic acids is 3. The van der Waals surface area contributed by atoms with Crippen LogP contribution in [0.25, 0.3) is 0 Å². The van der Waals surface area contributed by atoms with E-state index >= 15 is 0 Å². The van der Waals surface area contributed by atoms with Gasteiger partial charge in [-0.15, -0.1) is 0 Å². The Morgan fingerprint density at radius 1 is 0.909 bits per heavy atom. The van der Waals surface area contributed by atoms with Crippen LogP contribution in [-0.2, 0) is 16.0 Å². The number of halogens is 1. The fourth-order valence-electron chi connectivity index (χ4n) is 3.06. The van der Waals surface area contributed by atoms with Crippen LogP contribution in [0.3, 0.4) is 0 Å². The zero-order valence-corrected chi connectivity index (χ0v) is 19.2. The van der Waals surface area contributed by atoms with Gasteiger partial charge in [0, 0.05) is 18.5 Å². The van der Waals surface area contributed by atoms with Crippen molar-refractivity contribution < 1.29 is 26.8 Å². The first-order valence-electron chi connectivity index (χ1n) is 10.3. The molecule has 2 aromatic carbocycles. The molecule has 9 nitrogen and oxygen atoms in total. The first kappa shape index (κ1) is 27.4. The number of nitrogens with zero attached hydrogens (tertiary/aromatic N) is 1. The first-order valence-corrected chi connectivity index (χ1v) is 10.3. The highest BCUT2D eigenvalue weighted by Crippen LogP contribution is 2.08. The predicted molar refractivity (Wildman–Crippen MR) is 124 cm³/mol. The van der Waals surface area contributed by atoms with Crippen molar-refractivity contribution in [2.24, 2.45) is 22.2 Å². The van der Waals surface area contributed by atoms with Gasteiger partial charge in [0.25, 0.3) is 5.91 Å². The summed E-state index contributed by atoms with van der Waals surface area (Å²) >= 11 is 0. The van der Waals surface area contributed by atoms with Gasteiger partial charge in [-0.1, -0.05) is 48.0 Å². The Morgan fingerprint density at radius 3 is 2.12 bits per heavy atom. The van der Waals surface area contributed by atoms with Crippen LogP contribution in [0, 0.1) is 6.92 Å². The minimum atomic E-state index is -0.915. The van der Waals surface area contributed by atoms with Crippen molar-refractivity contribution in [1.29, 1.82) is 0 Å². The topological polar surface area (TPSA) is 166 Å². The minimum absolute atomic E-state index is 0. The average molecular weight is 474 g/mol. The average Bonchev–Trinajstić information content (AvgIpc) is 2.76. The van der Waals surface area contributed by atoms with Crippen molar-refractivity contribution in [2.75, 3.05) is 6.54 Å². The largest absolute Gasteiger partial charge is 1.00 e. The molecule has 0 unspecified atom stereocenters. The van der Waals surface area contributed by atoms with Crippen LogP contribution in [0.15, 0.2) is 59.6 Å². The molecule has 0 radical (unpaired) electrons. The summed E-state index contributed by atoms with van der Waals surface area (Å²) in [5, 5.41) is 5.40. The maximum absolute atomic E-state index is 13.0. The number of benzene rings is 2. The number of aliphatic imine (C=N–C) groups is 1. The standard InChI is InChI=1S/C23H30N6O3.ClH/c1-15-9-11-17(12-10-15)21(31)28-18(8-5-13-27-23(25)26)22(32)29-19(20(24)30)14-16-6-3-2-4-7-16;/h2-4,6-7,9-12,18-19H,5,8,13-14H2,1H3,(H2,24,30)(H,28,31)(H,29,32)(H4,25,26,27);1H/p-1/t18-,19-;/m0./s1. The Balaban J connectivity index is 0.00000544. The van der Waals surface area contributed by atoms with E-state index in [2.05, 4.69) is 15.6 Å². The van der Waals surface area contributed by atoms with Crippen molar-refractivity contribution in [3.63, 3.8) is 0 Å². The van der Waals surface area contributed by atoms with Gasteiger partial charge < -0.3 is 40.2 Å². The number of nitrogens with two attached hydrogens (primary N) is 3. The molecule has 0 bridgehead atoms. The lowest BCUT2D eigenvalue weighted by Gasteiger charge is -2.22. The van der Waals surface area contributed by atoms with Crippen LogP contribution >= 0.6 is 0 Å². The lowest BCUT2D eigenvalue weighted by atomic mass is 10.0. The summed E-state index contributed by atoms with van der Waals surface area (Å²) in [4.78, 5) is 41.5. The fraction of sp³-hybridized carbons (Fsp3) is 0.304. The van der Waals surface area contributed by atoms with Crippen molar-refractivity contribution >= 4 is 23.7 Å². The maximum Gasteiger partial charge on any atom is 0.251 e. The predicted octanol–water partition coefficient (Wildman–Crippen LogP) is -2.64. The summed E-state index contributed by atoms with van der Waals surface area (Å²) in [6.45, 7) is 2.22. The van der Waals surface area contributed by atoms with Crippen LogP contribution in [-0.4, -0.2) is 42.3 Å². The van der Waals surface area contributed by atoms with E-state index < -0.39 is 29.8 Å². The normalized spacial score (nSPS) is 11.9. The Hall–Kier alpha value is -3.59. The monoisotopic (exact) mass is 473 g/mol. The number of hydrogen-bond donors (Lipinski definition) is 5. The van der Waals surface area contributed by atoms with Crippen molar-refractivity contribution in [2.45, 2.75) is 38.3 Å². The molecule has 0 aliphatic rings. The molecule has 33 heavy (non-hydrogen) atoms. The molecular formula is C23H30ClN6O3-. The van der Waals surface area contributed by atoms with E-state index in [-0.39, 0.29) is 31.2 Å². The van der Waals surface area contributed by atoms with Crippen LogP contribution in [0.2, 0.25) is 0 Å². The van der Waals surface area contributed by atoms with Gasteiger partial charge in [0.1, 0.15) is 12.1 Å². The second-order valence-electron chi connectivity index (χ2n) is 7.49. The summed E-state index contributed by atoms with van der Waals surface area (Å²) in [6, 6.07) is 14.4. The molecule has 3 amide bonds. The second-order valence-corrected chi connectivity index (χ2v) is 7.49. The molecule has 178 valence electrons. The van der Waals surface area contributed by atoms with E-state index in [1.807, 2.05) is 49.4 Å². The molecule has 0 spiro atoms. The first-order chi connectivity index (χ1) is 15.3.